The molecule has 2 nitrogen and oxygen atoms in total. The van der Waals surface area contributed by atoms with Gasteiger partial charge in [-0.05, 0) is 50.4 Å². The molecule has 16 heavy (non-hydrogen) atoms. The maximum Gasteiger partial charge on any atom is 0.0515 e. The Morgan fingerprint density at radius 1 is 0.750 bits per heavy atom. The van der Waals surface area contributed by atoms with E-state index in [0.29, 0.717) is 11.8 Å². The second-order valence-electron chi connectivity index (χ2n) is 5.54. The van der Waals surface area contributed by atoms with E-state index in [0.717, 1.165) is 12.8 Å². The first-order chi connectivity index (χ1) is 7.25. The van der Waals surface area contributed by atoms with Crippen LogP contribution in [0.4, 0.5) is 0 Å². The van der Waals surface area contributed by atoms with Crippen LogP contribution in [-0.4, -0.2) is 22.4 Å². The summed E-state index contributed by atoms with van der Waals surface area (Å²) >= 11 is 0. The van der Waals surface area contributed by atoms with Crippen molar-refractivity contribution in [2.24, 2.45) is 11.8 Å². The van der Waals surface area contributed by atoms with Gasteiger partial charge in [0.05, 0.1) is 12.2 Å². The van der Waals surface area contributed by atoms with Crippen molar-refractivity contribution in [3.63, 3.8) is 0 Å². The Morgan fingerprint density at radius 3 is 1.12 bits per heavy atom. The molecule has 0 aromatic heterocycles. The van der Waals surface area contributed by atoms with Gasteiger partial charge in [-0.25, -0.2) is 0 Å². The highest BCUT2D eigenvalue weighted by molar-refractivity contribution is 5.01. The van der Waals surface area contributed by atoms with E-state index in [-0.39, 0.29) is 12.2 Å². The van der Waals surface area contributed by atoms with Gasteiger partial charge in [-0.1, -0.05) is 27.7 Å². The van der Waals surface area contributed by atoms with E-state index in [1.54, 1.807) is 0 Å². The van der Waals surface area contributed by atoms with Crippen molar-refractivity contribution < 1.29 is 10.2 Å². The molecular formula is C14H28O2. The van der Waals surface area contributed by atoms with E-state index in [9.17, 15) is 10.2 Å². The molecule has 0 aliphatic rings. The zero-order valence-corrected chi connectivity index (χ0v) is 11.6. The van der Waals surface area contributed by atoms with Gasteiger partial charge in [0, 0.05) is 0 Å². The van der Waals surface area contributed by atoms with Crippen LogP contribution in [0.15, 0.2) is 0 Å². The summed E-state index contributed by atoms with van der Waals surface area (Å²) in [5.74, 6) is 3.43. The van der Waals surface area contributed by atoms with Crippen LogP contribution in [0.3, 0.4) is 0 Å². The second kappa shape index (κ2) is 7.29. The summed E-state index contributed by atoms with van der Waals surface area (Å²) in [7, 11) is 0. The molecule has 0 bridgehead atoms. The second-order valence-corrected chi connectivity index (χ2v) is 5.54. The lowest BCUT2D eigenvalue weighted by Gasteiger charge is -2.34. The van der Waals surface area contributed by atoms with Gasteiger partial charge in [0.2, 0.25) is 0 Å². The SMILES string of the molecule is C[C](C)C(CC(C)O)C(CC(C)O)[C](C)C. The smallest absolute Gasteiger partial charge is 0.0515 e. The van der Waals surface area contributed by atoms with E-state index in [2.05, 4.69) is 27.7 Å². The maximum atomic E-state index is 9.55. The molecule has 0 heterocycles. The standard InChI is InChI=1S/C14H28O2/c1-9(2)13(7-11(5)15)14(10(3)4)8-12(6)16/h11-16H,7-8H2,1-6H3. The van der Waals surface area contributed by atoms with Gasteiger partial charge < -0.3 is 10.2 Å². The van der Waals surface area contributed by atoms with Crippen LogP contribution in [0.1, 0.15) is 54.4 Å². The Balaban J connectivity index is 4.66. The van der Waals surface area contributed by atoms with Crippen molar-refractivity contribution >= 4 is 0 Å². The van der Waals surface area contributed by atoms with E-state index in [4.69, 9.17) is 0 Å². The minimum atomic E-state index is -0.282. The summed E-state index contributed by atoms with van der Waals surface area (Å²) in [6, 6.07) is 0. The van der Waals surface area contributed by atoms with Gasteiger partial charge in [-0.15, -0.1) is 0 Å². The third-order valence-electron chi connectivity index (χ3n) is 3.16. The Hall–Kier alpha value is -0.0800. The summed E-state index contributed by atoms with van der Waals surface area (Å²) in [5, 5.41) is 19.1. The first-order valence-electron chi connectivity index (χ1n) is 6.21. The molecule has 4 atom stereocenters. The monoisotopic (exact) mass is 228 g/mol. The maximum absolute atomic E-state index is 9.55. The van der Waals surface area contributed by atoms with Crippen molar-refractivity contribution in [3.8, 4) is 0 Å². The highest BCUT2D eigenvalue weighted by atomic mass is 16.3. The highest BCUT2D eigenvalue weighted by Crippen LogP contribution is 2.36. The molecule has 0 aromatic carbocycles. The molecule has 4 unspecified atom stereocenters. The quantitative estimate of drug-likeness (QED) is 0.703. The predicted octanol–water partition coefficient (Wildman–Crippen LogP) is 2.99. The fourth-order valence-corrected chi connectivity index (χ4v) is 2.34. The Bertz CT molecular complexity index is 154. The average molecular weight is 228 g/mol. The summed E-state index contributed by atoms with van der Waals surface area (Å²) in [5.41, 5.74) is 0. The van der Waals surface area contributed by atoms with Crippen molar-refractivity contribution in [2.45, 2.75) is 66.6 Å². The molecule has 0 fully saturated rings. The highest BCUT2D eigenvalue weighted by Gasteiger charge is 2.29. The van der Waals surface area contributed by atoms with Gasteiger partial charge in [0.1, 0.15) is 0 Å². The van der Waals surface area contributed by atoms with Crippen LogP contribution < -0.4 is 0 Å². The minimum absolute atomic E-state index is 0.282. The molecule has 2 heteroatoms. The molecule has 96 valence electrons. The largest absolute Gasteiger partial charge is 0.393 e. The summed E-state index contributed by atoms with van der Waals surface area (Å²) in [4.78, 5) is 0. The van der Waals surface area contributed by atoms with E-state index in [1.807, 2.05) is 13.8 Å². The van der Waals surface area contributed by atoms with Gasteiger partial charge in [-0.2, -0.15) is 0 Å². The molecular weight excluding hydrogens is 200 g/mol. The summed E-state index contributed by atoms with van der Waals surface area (Å²) in [6.45, 7) is 12.1. The normalized spacial score (nSPS) is 19.9. The van der Waals surface area contributed by atoms with Gasteiger partial charge in [0.25, 0.3) is 0 Å². The van der Waals surface area contributed by atoms with Crippen LogP contribution >= 0.6 is 0 Å². The lowest BCUT2D eigenvalue weighted by Crippen LogP contribution is -2.28. The fraction of sp³-hybridized carbons (Fsp3) is 0.857. The first-order valence-corrected chi connectivity index (χ1v) is 6.21. The van der Waals surface area contributed by atoms with Crippen LogP contribution in [-0.2, 0) is 0 Å². The molecule has 0 aromatic rings. The van der Waals surface area contributed by atoms with E-state index in [1.165, 1.54) is 11.8 Å². The Kier molecular flexibility index (Phi) is 7.25. The molecule has 0 spiro atoms. The lowest BCUT2D eigenvalue weighted by atomic mass is 9.72. The Labute approximate surface area is 101 Å². The van der Waals surface area contributed by atoms with E-state index >= 15 is 0 Å². The van der Waals surface area contributed by atoms with Gasteiger partial charge in [-0.3, -0.25) is 0 Å². The molecule has 0 saturated heterocycles. The zero-order valence-electron chi connectivity index (χ0n) is 11.6. The van der Waals surface area contributed by atoms with Crippen molar-refractivity contribution in [3.05, 3.63) is 11.8 Å². The molecule has 0 aliphatic heterocycles. The molecule has 0 aliphatic carbocycles. The number of hydrogen-bond acceptors (Lipinski definition) is 2. The average Bonchev–Trinajstić information content (AvgIpc) is 2.09. The van der Waals surface area contributed by atoms with Crippen molar-refractivity contribution in [1.82, 2.24) is 0 Å². The number of aliphatic hydroxyl groups is 2. The number of hydrogen-bond donors (Lipinski definition) is 2. The molecule has 0 amide bonds. The summed E-state index contributed by atoms with van der Waals surface area (Å²) < 4.78 is 0. The number of rotatable bonds is 7. The fourth-order valence-electron chi connectivity index (χ4n) is 2.34. The van der Waals surface area contributed by atoms with Gasteiger partial charge >= 0.3 is 0 Å². The zero-order chi connectivity index (χ0) is 12.9. The van der Waals surface area contributed by atoms with E-state index < -0.39 is 0 Å². The van der Waals surface area contributed by atoms with Crippen LogP contribution in [0.25, 0.3) is 0 Å². The van der Waals surface area contributed by atoms with Crippen LogP contribution in [0.2, 0.25) is 0 Å². The molecule has 2 radical (unpaired) electrons. The van der Waals surface area contributed by atoms with Crippen molar-refractivity contribution in [1.29, 1.82) is 0 Å². The third-order valence-corrected chi connectivity index (χ3v) is 3.16. The molecule has 0 saturated carbocycles. The Morgan fingerprint density at radius 2 is 1.00 bits per heavy atom. The van der Waals surface area contributed by atoms with Crippen molar-refractivity contribution in [2.75, 3.05) is 0 Å². The van der Waals surface area contributed by atoms with Crippen LogP contribution in [0.5, 0.6) is 0 Å². The first kappa shape index (κ1) is 15.9. The van der Waals surface area contributed by atoms with Crippen LogP contribution in [0, 0.1) is 23.7 Å². The lowest BCUT2D eigenvalue weighted by molar-refractivity contribution is 0.113. The summed E-state index contributed by atoms with van der Waals surface area (Å²) in [6.07, 6.45) is 1.00. The third kappa shape index (κ3) is 5.86. The molecule has 2 N–H and O–H groups in total. The topological polar surface area (TPSA) is 40.5 Å². The predicted molar refractivity (Wildman–Crippen MR) is 68.8 cm³/mol. The number of aliphatic hydroxyl groups excluding tert-OH is 2. The van der Waals surface area contributed by atoms with Gasteiger partial charge in [0.15, 0.2) is 0 Å². The minimum Gasteiger partial charge on any atom is -0.393 e. The molecule has 0 rings (SSSR count).